The molecular weight excluding hydrogens is 320 g/mol. The number of ether oxygens (including phenoxy) is 3. The SMILES string of the molecule is CCOC(=O)C(=Cc1ccc(Oc2ccccc2)cc1)C(=O)OCC. The van der Waals surface area contributed by atoms with Gasteiger partial charge in [-0.3, -0.25) is 0 Å². The minimum absolute atomic E-state index is 0.138. The average Bonchev–Trinajstić information content (AvgIpc) is 2.62. The monoisotopic (exact) mass is 340 g/mol. The first kappa shape index (κ1) is 18.3. The Morgan fingerprint density at radius 1 is 0.800 bits per heavy atom. The van der Waals surface area contributed by atoms with Crippen LogP contribution in [0.1, 0.15) is 19.4 Å². The minimum atomic E-state index is -0.703. The van der Waals surface area contributed by atoms with Crippen LogP contribution in [0, 0.1) is 0 Å². The first-order chi connectivity index (χ1) is 12.1. The summed E-state index contributed by atoms with van der Waals surface area (Å²) in [6, 6.07) is 16.4. The van der Waals surface area contributed by atoms with Gasteiger partial charge in [-0.2, -0.15) is 0 Å². The summed E-state index contributed by atoms with van der Waals surface area (Å²) in [5.74, 6) is -0.0298. The van der Waals surface area contributed by atoms with Crippen LogP contribution in [0.5, 0.6) is 11.5 Å². The molecule has 0 heterocycles. The maximum Gasteiger partial charge on any atom is 0.345 e. The maximum absolute atomic E-state index is 12.0. The lowest BCUT2D eigenvalue weighted by Gasteiger charge is -2.08. The Hall–Kier alpha value is -3.08. The minimum Gasteiger partial charge on any atom is -0.462 e. The highest BCUT2D eigenvalue weighted by Crippen LogP contribution is 2.22. The summed E-state index contributed by atoms with van der Waals surface area (Å²) in [6.07, 6.45) is 1.45. The summed E-state index contributed by atoms with van der Waals surface area (Å²) >= 11 is 0. The Labute approximate surface area is 146 Å². The molecule has 130 valence electrons. The smallest absolute Gasteiger partial charge is 0.345 e. The van der Waals surface area contributed by atoms with Gasteiger partial charge in [0, 0.05) is 0 Å². The van der Waals surface area contributed by atoms with E-state index in [2.05, 4.69) is 0 Å². The highest BCUT2D eigenvalue weighted by molar-refractivity contribution is 6.17. The van der Waals surface area contributed by atoms with Crippen molar-refractivity contribution in [3.05, 3.63) is 65.7 Å². The summed E-state index contributed by atoms with van der Waals surface area (Å²) in [6.45, 7) is 3.71. The highest BCUT2D eigenvalue weighted by Gasteiger charge is 2.20. The molecule has 0 aliphatic heterocycles. The first-order valence-corrected chi connectivity index (χ1v) is 8.03. The number of hydrogen-bond donors (Lipinski definition) is 0. The standard InChI is InChI=1S/C20H20O5/c1-3-23-19(21)18(20(22)24-4-2)14-15-10-12-17(13-11-15)25-16-8-6-5-7-9-16/h5-14H,3-4H2,1-2H3. The van der Waals surface area contributed by atoms with Gasteiger partial charge in [0.05, 0.1) is 13.2 Å². The molecule has 0 saturated heterocycles. The van der Waals surface area contributed by atoms with Crippen molar-refractivity contribution in [2.24, 2.45) is 0 Å². The van der Waals surface area contributed by atoms with Crippen molar-refractivity contribution in [1.29, 1.82) is 0 Å². The molecule has 5 heteroatoms. The fraction of sp³-hybridized carbons (Fsp3) is 0.200. The highest BCUT2D eigenvalue weighted by atomic mass is 16.6. The maximum atomic E-state index is 12.0. The third-order valence-electron chi connectivity index (χ3n) is 3.16. The molecule has 0 radical (unpaired) electrons. The number of carbonyl (C=O) groups is 2. The molecule has 0 aliphatic rings. The Morgan fingerprint density at radius 2 is 1.32 bits per heavy atom. The Bertz CT molecular complexity index is 712. The molecule has 0 N–H and O–H groups in total. The molecule has 2 aromatic carbocycles. The Balaban J connectivity index is 2.18. The van der Waals surface area contributed by atoms with E-state index < -0.39 is 11.9 Å². The number of rotatable bonds is 7. The molecule has 0 atom stereocenters. The van der Waals surface area contributed by atoms with Crippen LogP contribution in [0.2, 0.25) is 0 Å². The molecule has 0 bridgehead atoms. The van der Waals surface area contributed by atoms with Crippen LogP contribution in [-0.2, 0) is 19.1 Å². The molecule has 2 aromatic rings. The van der Waals surface area contributed by atoms with E-state index in [1.807, 2.05) is 30.3 Å². The average molecular weight is 340 g/mol. The van der Waals surface area contributed by atoms with Gasteiger partial charge in [0.2, 0.25) is 0 Å². The first-order valence-electron chi connectivity index (χ1n) is 8.03. The van der Waals surface area contributed by atoms with Crippen LogP contribution in [0.3, 0.4) is 0 Å². The summed E-state index contributed by atoms with van der Waals surface area (Å²) in [5, 5.41) is 0. The number of hydrogen-bond acceptors (Lipinski definition) is 5. The number of benzene rings is 2. The van der Waals surface area contributed by atoms with Gasteiger partial charge in [0.1, 0.15) is 17.1 Å². The van der Waals surface area contributed by atoms with Crippen LogP contribution < -0.4 is 4.74 Å². The molecule has 0 aliphatic carbocycles. The topological polar surface area (TPSA) is 61.8 Å². The van der Waals surface area contributed by atoms with Gasteiger partial charge in [-0.1, -0.05) is 30.3 Å². The van der Waals surface area contributed by atoms with E-state index in [9.17, 15) is 9.59 Å². The molecule has 0 spiro atoms. The number of carbonyl (C=O) groups excluding carboxylic acids is 2. The van der Waals surface area contributed by atoms with Gasteiger partial charge < -0.3 is 14.2 Å². The number of para-hydroxylation sites is 1. The van der Waals surface area contributed by atoms with Crippen molar-refractivity contribution in [3.63, 3.8) is 0 Å². The van der Waals surface area contributed by atoms with E-state index >= 15 is 0 Å². The second-order valence-corrected chi connectivity index (χ2v) is 4.98. The fourth-order valence-corrected chi connectivity index (χ4v) is 2.04. The van der Waals surface area contributed by atoms with Crippen molar-refractivity contribution < 1.29 is 23.8 Å². The van der Waals surface area contributed by atoms with Crippen molar-refractivity contribution in [2.75, 3.05) is 13.2 Å². The van der Waals surface area contributed by atoms with Gasteiger partial charge in [-0.25, -0.2) is 9.59 Å². The van der Waals surface area contributed by atoms with E-state index in [0.717, 1.165) is 5.75 Å². The molecular formula is C20H20O5. The van der Waals surface area contributed by atoms with Crippen LogP contribution in [0.25, 0.3) is 6.08 Å². The van der Waals surface area contributed by atoms with Crippen LogP contribution in [0.4, 0.5) is 0 Å². The molecule has 2 rings (SSSR count). The second kappa shape index (κ2) is 9.27. The molecule has 25 heavy (non-hydrogen) atoms. The van der Waals surface area contributed by atoms with E-state index in [0.29, 0.717) is 11.3 Å². The van der Waals surface area contributed by atoms with Gasteiger partial charge >= 0.3 is 11.9 Å². The van der Waals surface area contributed by atoms with Crippen molar-refractivity contribution in [2.45, 2.75) is 13.8 Å². The quantitative estimate of drug-likeness (QED) is 0.330. The lowest BCUT2D eigenvalue weighted by atomic mass is 10.1. The molecule has 0 aromatic heterocycles. The third-order valence-corrected chi connectivity index (χ3v) is 3.16. The zero-order valence-electron chi connectivity index (χ0n) is 14.2. The Kier molecular flexibility index (Phi) is 6.77. The van der Waals surface area contributed by atoms with Crippen molar-refractivity contribution >= 4 is 18.0 Å². The van der Waals surface area contributed by atoms with Crippen LogP contribution >= 0.6 is 0 Å². The van der Waals surface area contributed by atoms with E-state index in [-0.39, 0.29) is 18.8 Å². The van der Waals surface area contributed by atoms with Gasteiger partial charge in [-0.15, -0.1) is 0 Å². The molecule has 0 saturated carbocycles. The van der Waals surface area contributed by atoms with Gasteiger partial charge in [0.15, 0.2) is 0 Å². The zero-order valence-corrected chi connectivity index (χ0v) is 14.2. The summed E-state index contributed by atoms with van der Waals surface area (Å²) in [4.78, 5) is 23.9. The lowest BCUT2D eigenvalue weighted by molar-refractivity contribution is -0.146. The molecule has 5 nitrogen and oxygen atoms in total. The second-order valence-electron chi connectivity index (χ2n) is 4.98. The van der Waals surface area contributed by atoms with Crippen LogP contribution in [0.15, 0.2) is 60.2 Å². The normalized spacial score (nSPS) is 9.84. The fourth-order valence-electron chi connectivity index (χ4n) is 2.04. The van der Waals surface area contributed by atoms with E-state index in [1.165, 1.54) is 6.08 Å². The van der Waals surface area contributed by atoms with Crippen molar-refractivity contribution in [1.82, 2.24) is 0 Å². The molecule has 0 unspecified atom stereocenters. The van der Waals surface area contributed by atoms with Gasteiger partial charge in [-0.05, 0) is 49.8 Å². The summed E-state index contributed by atoms with van der Waals surface area (Å²) in [5.41, 5.74) is 0.525. The number of esters is 2. The Morgan fingerprint density at radius 3 is 1.84 bits per heavy atom. The van der Waals surface area contributed by atoms with E-state index in [1.54, 1.807) is 38.1 Å². The predicted octanol–water partition coefficient (Wildman–Crippen LogP) is 3.99. The van der Waals surface area contributed by atoms with Gasteiger partial charge in [0.25, 0.3) is 0 Å². The van der Waals surface area contributed by atoms with E-state index in [4.69, 9.17) is 14.2 Å². The zero-order chi connectivity index (χ0) is 18.1. The van der Waals surface area contributed by atoms with Crippen LogP contribution in [-0.4, -0.2) is 25.2 Å². The lowest BCUT2D eigenvalue weighted by Crippen LogP contribution is -2.18. The molecule has 0 amide bonds. The van der Waals surface area contributed by atoms with Crippen molar-refractivity contribution in [3.8, 4) is 11.5 Å². The largest absolute Gasteiger partial charge is 0.462 e. The summed E-state index contributed by atoms with van der Waals surface area (Å²) in [7, 11) is 0. The third kappa shape index (κ3) is 5.49. The predicted molar refractivity (Wildman–Crippen MR) is 94.2 cm³/mol. The summed E-state index contributed by atoms with van der Waals surface area (Å²) < 4.78 is 15.5. The molecule has 0 fully saturated rings.